The van der Waals surface area contributed by atoms with Gasteiger partial charge in [0, 0.05) is 39.4 Å². The van der Waals surface area contributed by atoms with Crippen molar-refractivity contribution in [1.29, 1.82) is 0 Å². The fourth-order valence-electron chi connectivity index (χ4n) is 2.62. The minimum Gasteiger partial charge on any atom is -0.336 e. The lowest BCUT2D eigenvalue weighted by molar-refractivity contribution is 0.0753. The van der Waals surface area contributed by atoms with Gasteiger partial charge in [-0.05, 0) is 23.9 Å². The summed E-state index contributed by atoms with van der Waals surface area (Å²) >= 11 is 1.22. The molecular weight excluding hydrogens is 336 g/mol. The molecule has 0 saturated carbocycles. The van der Waals surface area contributed by atoms with Crippen molar-refractivity contribution in [2.75, 3.05) is 26.2 Å². The summed E-state index contributed by atoms with van der Waals surface area (Å²) in [6.45, 7) is 1.66. The van der Waals surface area contributed by atoms with E-state index in [2.05, 4.69) is 5.10 Å². The van der Waals surface area contributed by atoms with E-state index >= 15 is 0 Å². The van der Waals surface area contributed by atoms with Gasteiger partial charge >= 0.3 is 0 Å². The summed E-state index contributed by atoms with van der Waals surface area (Å²) in [6.07, 6.45) is 2.20. The Labute approximate surface area is 139 Å². The van der Waals surface area contributed by atoms with Crippen LogP contribution in [0.25, 0.3) is 0 Å². The quantitative estimate of drug-likeness (QED) is 0.825. The van der Waals surface area contributed by atoms with Gasteiger partial charge < -0.3 is 4.90 Å². The lowest BCUT2D eigenvalue weighted by Gasteiger charge is -2.21. The molecule has 0 aliphatic carbocycles. The molecule has 0 N–H and O–H groups in total. The molecular formula is C14H18N4O3S2. The van der Waals surface area contributed by atoms with E-state index in [-0.39, 0.29) is 5.91 Å². The predicted octanol–water partition coefficient (Wildman–Crippen LogP) is 1.02. The standard InChI is InChI=1S/C14H18N4O3S2/c1-16-12(5-6-15-16)14(19)17-7-3-8-18(10-9-17)23(20,21)13-4-2-11-22-13/h2,4-6,11H,3,7-10H2,1H3. The fraction of sp³-hybridized carbons (Fsp3) is 0.429. The third-order valence-electron chi connectivity index (χ3n) is 3.87. The Morgan fingerprint density at radius 2 is 2.04 bits per heavy atom. The van der Waals surface area contributed by atoms with Gasteiger partial charge in [-0.25, -0.2) is 8.42 Å². The van der Waals surface area contributed by atoms with E-state index in [1.165, 1.54) is 20.3 Å². The monoisotopic (exact) mass is 354 g/mol. The molecule has 0 bridgehead atoms. The number of sulfonamides is 1. The Hall–Kier alpha value is -1.71. The van der Waals surface area contributed by atoms with E-state index in [0.29, 0.717) is 42.5 Å². The first-order chi connectivity index (χ1) is 11.0. The average molecular weight is 354 g/mol. The SMILES string of the molecule is Cn1nccc1C(=O)N1CCCN(S(=O)(=O)c2cccs2)CC1. The Morgan fingerprint density at radius 1 is 1.22 bits per heavy atom. The summed E-state index contributed by atoms with van der Waals surface area (Å²) in [7, 11) is -1.74. The molecule has 3 rings (SSSR count). The van der Waals surface area contributed by atoms with Gasteiger partial charge in [-0.1, -0.05) is 6.07 Å². The van der Waals surface area contributed by atoms with Crippen molar-refractivity contribution in [3.63, 3.8) is 0 Å². The van der Waals surface area contributed by atoms with E-state index < -0.39 is 10.0 Å². The molecule has 1 amide bonds. The van der Waals surface area contributed by atoms with Gasteiger partial charge in [0.25, 0.3) is 15.9 Å². The molecule has 0 unspecified atom stereocenters. The zero-order valence-corrected chi connectivity index (χ0v) is 14.4. The highest BCUT2D eigenvalue weighted by Gasteiger charge is 2.29. The topological polar surface area (TPSA) is 75.5 Å². The number of thiophene rings is 1. The zero-order valence-electron chi connectivity index (χ0n) is 12.8. The number of nitrogens with zero attached hydrogens (tertiary/aromatic N) is 4. The van der Waals surface area contributed by atoms with Gasteiger partial charge in [0.1, 0.15) is 9.90 Å². The smallest absolute Gasteiger partial charge is 0.272 e. The third-order valence-corrected chi connectivity index (χ3v) is 7.14. The van der Waals surface area contributed by atoms with Crippen LogP contribution in [0.2, 0.25) is 0 Å². The summed E-state index contributed by atoms with van der Waals surface area (Å²) in [4.78, 5) is 14.2. The number of hydrogen-bond acceptors (Lipinski definition) is 5. The van der Waals surface area contributed by atoms with Crippen LogP contribution in [0.3, 0.4) is 0 Å². The molecule has 0 radical (unpaired) electrons. The first kappa shape index (κ1) is 16.2. The van der Waals surface area contributed by atoms with Crippen molar-refractivity contribution in [3.05, 3.63) is 35.5 Å². The van der Waals surface area contributed by atoms with Crippen molar-refractivity contribution in [2.24, 2.45) is 7.05 Å². The molecule has 9 heteroatoms. The maximum Gasteiger partial charge on any atom is 0.272 e. The molecule has 0 spiro atoms. The molecule has 23 heavy (non-hydrogen) atoms. The number of rotatable bonds is 3. The third kappa shape index (κ3) is 3.17. The highest BCUT2D eigenvalue weighted by atomic mass is 32.2. The Kier molecular flexibility index (Phi) is 4.51. The molecule has 0 aromatic carbocycles. The lowest BCUT2D eigenvalue weighted by Crippen LogP contribution is -2.37. The fourth-order valence-corrected chi connectivity index (χ4v) is 5.23. The van der Waals surface area contributed by atoms with Gasteiger partial charge in [-0.3, -0.25) is 9.48 Å². The highest BCUT2D eigenvalue weighted by Crippen LogP contribution is 2.22. The number of aromatic nitrogens is 2. The van der Waals surface area contributed by atoms with Crippen molar-refractivity contribution < 1.29 is 13.2 Å². The normalized spacial score (nSPS) is 17.2. The summed E-state index contributed by atoms with van der Waals surface area (Å²) in [5, 5.41) is 5.76. The van der Waals surface area contributed by atoms with E-state index in [1.54, 1.807) is 41.7 Å². The van der Waals surface area contributed by atoms with Crippen LogP contribution >= 0.6 is 11.3 Å². The zero-order chi connectivity index (χ0) is 16.4. The first-order valence-electron chi connectivity index (χ1n) is 7.31. The molecule has 1 saturated heterocycles. The van der Waals surface area contributed by atoms with E-state index in [0.717, 1.165) is 0 Å². The number of hydrogen-bond donors (Lipinski definition) is 0. The second kappa shape index (κ2) is 6.42. The van der Waals surface area contributed by atoms with E-state index in [1.807, 2.05) is 0 Å². The molecule has 7 nitrogen and oxygen atoms in total. The van der Waals surface area contributed by atoms with Crippen molar-refractivity contribution in [1.82, 2.24) is 19.0 Å². The summed E-state index contributed by atoms with van der Waals surface area (Å²) in [5.74, 6) is -0.111. The molecule has 2 aromatic rings. The average Bonchev–Trinajstić information content (AvgIpc) is 3.13. The maximum absolute atomic E-state index is 12.6. The van der Waals surface area contributed by atoms with Crippen molar-refractivity contribution in [2.45, 2.75) is 10.6 Å². The summed E-state index contributed by atoms with van der Waals surface area (Å²) < 4.78 is 28.5. The molecule has 3 heterocycles. The Balaban J connectivity index is 1.73. The van der Waals surface area contributed by atoms with Crippen molar-refractivity contribution in [3.8, 4) is 0 Å². The van der Waals surface area contributed by atoms with Crippen LogP contribution in [0, 0.1) is 0 Å². The number of amides is 1. The molecule has 2 aromatic heterocycles. The van der Waals surface area contributed by atoms with Gasteiger partial charge in [0.15, 0.2) is 0 Å². The van der Waals surface area contributed by atoms with E-state index in [9.17, 15) is 13.2 Å². The van der Waals surface area contributed by atoms with Crippen LogP contribution in [0.15, 0.2) is 34.0 Å². The van der Waals surface area contributed by atoms with E-state index in [4.69, 9.17) is 0 Å². The molecule has 1 aliphatic rings. The van der Waals surface area contributed by atoms with Crippen LogP contribution in [-0.4, -0.2) is 59.5 Å². The Bertz CT molecular complexity index is 783. The predicted molar refractivity (Wildman–Crippen MR) is 86.8 cm³/mol. The first-order valence-corrected chi connectivity index (χ1v) is 9.63. The number of carbonyl (C=O) groups excluding carboxylic acids is 1. The van der Waals surface area contributed by atoms with Crippen LogP contribution in [-0.2, 0) is 17.1 Å². The second-order valence-electron chi connectivity index (χ2n) is 5.32. The number of carbonyl (C=O) groups is 1. The minimum atomic E-state index is -3.46. The lowest BCUT2D eigenvalue weighted by atomic mass is 10.3. The highest BCUT2D eigenvalue weighted by molar-refractivity contribution is 7.91. The molecule has 1 aliphatic heterocycles. The summed E-state index contributed by atoms with van der Waals surface area (Å²) in [6, 6.07) is 5.02. The largest absolute Gasteiger partial charge is 0.336 e. The molecule has 1 fully saturated rings. The van der Waals surface area contributed by atoms with Gasteiger partial charge in [-0.15, -0.1) is 11.3 Å². The molecule has 124 valence electrons. The second-order valence-corrected chi connectivity index (χ2v) is 8.43. The van der Waals surface area contributed by atoms with Crippen LogP contribution < -0.4 is 0 Å². The van der Waals surface area contributed by atoms with Gasteiger partial charge in [0.05, 0.1) is 0 Å². The Morgan fingerprint density at radius 3 is 2.70 bits per heavy atom. The minimum absolute atomic E-state index is 0.111. The van der Waals surface area contributed by atoms with Crippen molar-refractivity contribution >= 4 is 27.3 Å². The van der Waals surface area contributed by atoms with Crippen LogP contribution in [0.5, 0.6) is 0 Å². The maximum atomic E-state index is 12.6. The van der Waals surface area contributed by atoms with Crippen LogP contribution in [0.4, 0.5) is 0 Å². The van der Waals surface area contributed by atoms with Crippen LogP contribution in [0.1, 0.15) is 16.9 Å². The summed E-state index contributed by atoms with van der Waals surface area (Å²) in [5.41, 5.74) is 0.513. The number of aryl methyl sites for hydroxylation is 1. The molecule has 0 atom stereocenters. The van der Waals surface area contributed by atoms with Gasteiger partial charge in [0.2, 0.25) is 0 Å². The van der Waals surface area contributed by atoms with Gasteiger partial charge in [-0.2, -0.15) is 9.40 Å².